The fraction of sp³-hybridized carbons (Fsp3) is 0.417. The van der Waals surface area contributed by atoms with Crippen LogP contribution in [0.1, 0.15) is 52.5 Å². The number of benzene rings is 1. The number of aryl methyl sites for hydroxylation is 1. The van der Waals surface area contributed by atoms with Crippen LogP contribution in [0, 0.1) is 0 Å². The lowest BCUT2D eigenvalue weighted by molar-refractivity contribution is -0.113. The molecule has 1 aromatic carbocycles. The maximum atomic E-state index is 12.8. The van der Waals surface area contributed by atoms with Gasteiger partial charge in [0.15, 0.2) is 5.16 Å². The van der Waals surface area contributed by atoms with Gasteiger partial charge in [0.25, 0.3) is 0 Å². The summed E-state index contributed by atoms with van der Waals surface area (Å²) >= 11 is 2.82. The van der Waals surface area contributed by atoms with Gasteiger partial charge in [0.05, 0.1) is 25.0 Å². The van der Waals surface area contributed by atoms with Crippen LogP contribution in [0.4, 0.5) is 5.00 Å². The number of thioether (sulfide) groups is 1. The first-order valence-corrected chi connectivity index (χ1v) is 13.1. The van der Waals surface area contributed by atoms with E-state index in [0.717, 1.165) is 42.0 Å². The number of hydrogen-bond acceptors (Lipinski definition) is 8. The number of thiophene rings is 1. The number of nitrogens with zero attached hydrogens (tertiary/aromatic N) is 3. The van der Waals surface area contributed by atoms with Gasteiger partial charge in [-0.2, -0.15) is 0 Å². The van der Waals surface area contributed by atoms with Gasteiger partial charge in [0.1, 0.15) is 16.6 Å². The summed E-state index contributed by atoms with van der Waals surface area (Å²) in [6, 6.07) is 7.86. The van der Waals surface area contributed by atoms with Crippen LogP contribution in [0.25, 0.3) is 0 Å². The number of fused-ring (bicyclic) bond motifs is 1. The number of ether oxygens (including phenoxy) is 2. The van der Waals surface area contributed by atoms with Crippen LogP contribution >= 0.6 is 23.1 Å². The van der Waals surface area contributed by atoms with Crippen molar-refractivity contribution in [2.24, 2.45) is 0 Å². The van der Waals surface area contributed by atoms with Gasteiger partial charge in [-0.15, -0.1) is 21.5 Å². The normalized spacial score (nSPS) is 12.4. The Balaban J connectivity index is 1.41. The highest BCUT2D eigenvalue weighted by atomic mass is 32.2. The van der Waals surface area contributed by atoms with Crippen molar-refractivity contribution in [1.29, 1.82) is 0 Å². The summed E-state index contributed by atoms with van der Waals surface area (Å²) in [6.45, 7) is 4.82. The van der Waals surface area contributed by atoms with E-state index in [-0.39, 0.29) is 17.6 Å². The van der Waals surface area contributed by atoms with E-state index in [1.807, 2.05) is 35.8 Å². The van der Waals surface area contributed by atoms with Crippen LogP contribution in [0.3, 0.4) is 0 Å². The predicted molar refractivity (Wildman–Crippen MR) is 133 cm³/mol. The van der Waals surface area contributed by atoms with Gasteiger partial charge in [-0.25, -0.2) is 4.79 Å². The SMILES string of the molecule is CCOC(=O)c1c(NC(=O)CSc2nnc(Cc3ccc(OC)cc3)n2CC)sc2c1CCC2. The molecule has 1 N–H and O–H groups in total. The second-order valence-electron chi connectivity index (χ2n) is 7.79. The van der Waals surface area contributed by atoms with Crippen molar-refractivity contribution in [2.75, 3.05) is 24.8 Å². The minimum atomic E-state index is -0.362. The number of carbonyl (C=O) groups is 2. The topological polar surface area (TPSA) is 95.3 Å². The molecule has 8 nitrogen and oxygen atoms in total. The van der Waals surface area contributed by atoms with E-state index in [2.05, 4.69) is 15.5 Å². The molecule has 0 bridgehead atoms. The molecule has 0 radical (unpaired) electrons. The number of anilines is 1. The molecule has 1 aliphatic carbocycles. The highest BCUT2D eigenvalue weighted by molar-refractivity contribution is 7.99. The molecule has 4 rings (SSSR count). The molecular formula is C24H28N4O4S2. The van der Waals surface area contributed by atoms with Crippen molar-refractivity contribution >= 4 is 40.0 Å². The Hall–Kier alpha value is -2.85. The third-order valence-corrected chi connectivity index (χ3v) is 7.79. The van der Waals surface area contributed by atoms with Gasteiger partial charge in [-0.1, -0.05) is 23.9 Å². The van der Waals surface area contributed by atoms with E-state index in [1.54, 1.807) is 14.0 Å². The summed E-state index contributed by atoms with van der Waals surface area (Å²) in [7, 11) is 1.64. The third-order valence-electron chi connectivity index (χ3n) is 5.62. The summed E-state index contributed by atoms with van der Waals surface area (Å²) in [5.74, 6) is 1.28. The molecule has 0 aliphatic heterocycles. The fourth-order valence-corrected chi connectivity index (χ4v) is 6.12. The van der Waals surface area contributed by atoms with Crippen LogP contribution in [0.2, 0.25) is 0 Å². The van der Waals surface area contributed by atoms with Gasteiger partial charge < -0.3 is 19.4 Å². The lowest BCUT2D eigenvalue weighted by Gasteiger charge is -2.09. The van der Waals surface area contributed by atoms with Crippen LogP contribution in [-0.4, -0.2) is 46.1 Å². The molecule has 1 amide bonds. The van der Waals surface area contributed by atoms with Crippen molar-refractivity contribution in [2.45, 2.75) is 51.2 Å². The number of nitrogens with one attached hydrogen (secondary N) is 1. The van der Waals surface area contributed by atoms with Crippen LogP contribution < -0.4 is 10.1 Å². The second kappa shape index (κ2) is 11.1. The first kappa shape index (κ1) is 24.3. The number of aromatic nitrogens is 3. The standard InChI is InChI=1S/C24H28N4O4S2/c1-4-28-19(13-15-9-11-16(31-3)12-10-15)26-27-24(28)33-14-20(29)25-22-21(23(30)32-5-2)17-7-6-8-18(17)34-22/h9-12H,4-8,13-14H2,1-3H3,(H,25,29). The molecule has 1 aliphatic rings. The van der Waals surface area contributed by atoms with Gasteiger partial charge in [0.2, 0.25) is 5.91 Å². The fourth-order valence-electron chi connectivity index (χ4n) is 4.00. The minimum absolute atomic E-state index is 0.172. The number of carbonyl (C=O) groups excluding carboxylic acids is 2. The van der Waals surface area contributed by atoms with Crippen molar-refractivity contribution in [3.8, 4) is 5.75 Å². The Morgan fingerprint density at radius 2 is 1.97 bits per heavy atom. The van der Waals surface area contributed by atoms with Gasteiger partial charge in [0, 0.05) is 17.8 Å². The third kappa shape index (κ3) is 5.28. The van der Waals surface area contributed by atoms with E-state index in [4.69, 9.17) is 9.47 Å². The summed E-state index contributed by atoms with van der Waals surface area (Å²) in [4.78, 5) is 26.4. The van der Waals surface area contributed by atoms with E-state index < -0.39 is 0 Å². The summed E-state index contributed by atoms with van der Waals surface area (Å²) in [5.41, 5.74) is 2.66. The van der Waals surface area contributed by atoms with E-state index in [0.29, 0.717) is 35.3 Å². The Morgan fingerprint density at radius 1 is 1.18 bits per heavy atom. The van der Waals surface area contributed by atoms with Crippen molar-refractivity contribution in [3.05, 3.63) is 51.7 Å². The minimum Gasteiger partial charge on any atom is -0.497 e. The molecule has 0 fully saturated rings. The zero-order valence-corrected chi connectivity index (χ0v) is 21.2. The van der Waals surface area contributed by atoms with E-state index in [9.17, 15) is 9.59 Å². The first-order chi connectivity index (χ1) is 16.5. The molecular weight excluding hydrogens is 472 g/mol. The average Bonchev–Trinajstić information content (AvgIpc) is 3.52. The smallest absolute Gasteiger partial charge is 0.341 e. The molecule has 0 saturated carbocycles. The van der Waals surface area contributed by atoms with Gasteiger partial charge >= 0.3 is 5.97 Å². The van der Waals surface area contributed by atoms with Gasteiger partial charge in [-0.05, 0) is 56.4 Å². The molecule has 0 saturated heterocycles. The molecule has 0 spiro atoms. The number of esters is 1. The zero-order valence-electron chi connectivity index (χ0n) is 19.6. The average molecular weight is 501 g/mol. The Bertz CT molecular complexity index is 1170. The lowest BCUT2D eigenvalue weighted by Crippen LogP contribution is -2.17. The summed E-state index contributed by atoms with van der Waals surface area (Å²) in [6.07, 6.45) is 3.46. The molecule has 180 valence electrons. The molecule has 0 atom stereocenters. The largest absolute Gasteiger partial charge is 0.497 e. The number of methoxy groups -OCH3 is 1. The van der Waals surface area contributed by atoms with Crippen molar-refractivity contribution < 1.29 is 19.1 Å². The molecule has 2 heterocycles. The highest BCUT2D eigenvalue weighted by Crippen LogP contribution is 2.39. The Labute approximate surface area is 207 Å². The Kier molecular flexibility index (Phi) is 7.89. The van der Waals surface area contributed by atoms with Crippen LogP contribution in [-0.2, 0) is 35.3 Å². The van der Waals surface area contributed by atoms with Gasteiger partial charge in [-0.3, -0.25) is 4.79 Å². The lowest BCUT2D eigenvalue weighted by atomic mass is 10.1. The molecule has 3 aromatic rings. The monoisotopic (exact) mass is 500 g/mol. The van der Waals surface area contributed by atoms with E-state index >= 15 is 0 Å². The van der Waals surface area contributed by atoms with Crippen LogP contribution in [0.15, 0.2) is 29.4 Å². The predicted octanol–water partition coefficient (Wildman–Crippen LogP) is 4.36. The molecule has 0 unspecified atom stereocenters. The zero-order chi connectivity index (χ0) is 24.1. The quantitative estimate of drug-likeness (QED) is 0.326. The molecule has 34 heavy (non-hydrogen) atoms. The molecule has 10 heteroatoms. The number of rotatable bonds is 10. The number of hydrogen-bond donors (Lipinski definition) is 1. The summed E-state index contributed by atoms with van der Waals surface area (Å²) in [5, 5.41) is 12.9. The first-order valence-electron chi connectivity index (χ1n) is 11.3. The van der Waals surface area contributed by atoms with Crippen molar-refractivity contribution in [3.63, 3.8) is 0 Å². The van der Waals surface area contributed by atoms with Crippen molar-refractivity contribution in [1.82, 2.24) is 14.8 Å². The molecule has 2 aromatic heterocycles. The number of amides is 1. The maximum absolute atomic E-state index is 12.8. The van der Waals surface area contributed by atoms with E-state index in [1.165, 1.54) is 28.0 Å². The second-order valence-corrected chi connectivity index (χ2v) is 9.83. The maximum Gasteiger partial charge on any atom is 0.341 e. The highest BCUT2D eigenvalue weighted by Gasteiger charge is 2.28. The van der Waals surface area contributed by atoms with Crippen LogP contribution in [0.5, 0.6) is 5.75 Å². The Morgan fingerprint density at radius 3 is 2.68 bits per heavy atom. The summed E-state index contributed by atoms with van der Waals surface area (Å²) < 4.78 is 12.5.